The van der Waals surface area contributed by atoms with E-state index in [4.69, 9.17) is 11.6 Å². The van der Waals surface area contributed by atoms with E-state index in [1.807, 2.05) is 12.1 Å². The molecule has 0 saturated heterocycles. The van der Waals surface area contributed by atoms with Crippen molar-refractivity contribution in [3.05, 3.63) is 58.6 Å². The van der Waals surface area contributed by atoms with Crippen LogP contribution < -0.4 is 5.32 Å². The SMILES string of the molecule is Cc1cc(Sc2ccc(Cl)cc2)ccc1CNCC(C)C. The van der Waals surface area contributed by atoms with Gasteiger partial charge in [0, 0.05) is 21.4 Å². The first-order chi connectivity index (χ1) is 10.0. The van der Waals surface area contributed by atoms with Gasteiger partial charge in [-0.15, -0.1) is 0 Å². The van der Waals surface area contributed by atoms with E-state index in [9.17, 15) is 0 Å². The molecule has 0 heterocycles. The van der Waals surface area contributed by atoms with Crippen LogP contribution in [-0.4, -0.2) is 6.54 Å². The Balaban J connectivity index is 1.99. The maximum Gasteiger partial charge on any atom is 0.0406 e. The molecular weight excluding hydrogens is 298 g/mol. The van der Waals surface area contributed by atoms with Gasteiger partial charge in [0.1, 0.15) is 0 Å². The molecule has 2 rings (SSSR count). The van der Waals surface area contributed by atoms with Gasteiger partial charge in [0.05, 0.1) is 0 Å². The van der Waals surface area contributed by atoms with E-state index < -0.39 is 0 Å². The number of aryl methyl sites for hydroxylation is 1. The van der Waals surface area contributed by atoms with Crippen molar-refractivity contribution < 1.29 is 0 Å². The van der Waals surface area contributed by atoms with E-state index >= 15 is 0 Å². The molecule has 0 radical (unpaired) electrons. The fourth-order valence-corrected chi connectivity index (χ4v) is 3.11. The Morgan fingerprint density at radius 2 is 1.71 bits per heavy atom. The minimum Gasteiger partial charge on any atom is -0.312 e. The topological polar surface area (TPSA) is 12.0 Å². The Morgan fingerprint density at radius 3 is 2.33 bits per heavy atom. The Labute approximate surface area is 137 Å². The van der Waals surface area contributed by atoms with Crippen LogP contribution in [0.2, 0.25) is 5.02 Å². The van der Waals surface area contributed by atoms with Gasteiger partial charge in [0.15, 0.2) is 0 Å². The fourth-order valence-electron chi connectivity index (χ4n) is 2.06. The number of benzene rings is 2. The van der Waals surface area contributed by atoms with E-state index in [1.165, 1.54) is 20.9 Å². The molecule has 1 nitrogen and oxygen atoms in total. The maximum absolute atomic E-state index is 5.92. The van der Waals surface area contributed by atoms with Crippen molar-refractivity contribution in [3.63, 3.8) is 0 Å². The number of hydrogen-bond donors (Lipinski definition) is 1. The van der Waals surface area contributed by atoms with Crippen molar-refractivity contribution in [2.24, 2.45) is 5.92 Å². The highest BCUT2D eigenvalue weighted by molar-refractivity contribution is 7.99. The lowest BCUT2D eigenvalue weighted by Gasteiger charge is -2.11. The lowest BCUT2D eigenvalue weighted by molar-refractivity contribution is 0.551. The molecule has 0 fully saturated rings. The van der Waals surface area contributed by atoms with Crippen molar-refractivity contribution in [3.8, 4) is 0 Å². The smallest absolute Gasteiger partial charge is 0.0406 e. The third-order valence-electron chi connectivity index (χ3n) is 3.23. The summed E-state index contributed by atoms with van der Waals surface area (Å²) in [6.07, 6.45) is 0. The molecule has 21 heavy (non-hydrogen) atoms. The Hall–Kier alpha value is -0.960. The van der Waals surface area contributed by atoms with Gasteiger partial charge in [0.2, 0.25) is 0 Å². The lowest BCUT2D eigenvalue weighted by atomic mass is 10.1. The third kappa shape index (κ3) is 5.39. The van der Waals surface area contributed by atoms with E-state index in [-0.39, 0.29) is 0 Å². The molecule has 0 amide bonds. The van der Waals surface area contributed by atoms with Gasteiger partial charge < -0.3 is 5.32 Å². The molecule has 3 heteroatoms. The average molecular weight is 320 g/mol. The summed E-state index contributed by atoms with van der Waals surface area (Å²) in [5.74, 6) is 0.685. The maximum atomic E-state index is 5.92. The van der Waals surface area contributed by atoms with Crippen LogP contribution in [0.3, 0.4) is 0 Å². The van der Waals surface area contributed by atoms with Gasteiger partial charge in [-0.05, 0) is 66.9 Å². The van der Waals surface area contributed by atoms with Gasteiger partial charge in [0.25, 0.3) is 0 Å². The first-order valence-corrected chi connectivity index (χ1v) is 8.47. The van der Waals surface area contributed by atoms with Crippen LogP contribution in [0.5, 0.6) is 0 Å². The van der Waals surface area contributed by atoms with Crippen molar-refractivity contribution in [1.82, 2.24) is 5.32 Å². The minimum atomic E-state index is 0.685. The fraction of sp³-hybridized carbons (Fsp3) is 0.333. The summed E-state index contributed by atoms with van der Waals surface area (Å²) in [6.45, 7) is 8.63. The van der Waals surface area contributed by atoms with Gasteiger partial charge in [-0.2, -0.15) is 0 Å². The molecule has 0 aliphatic rings. The second-order valence-electron chi connectivity index (χ2n) is 5.67. The Kier molecular flexibility index (Phi) is 6.16. The highest BCUT2D eigenvalue weighted by Gasteiger charge is 2.03. The van der Waals surface area contributed by atoms with E-state index in [0.717, 1.165) is 18.1 Å². The molecule has 0 bridgehead atoms. The molecule has 112 valence electrons. The predicted octanol–water partition coefficient (Wildman–Crippen LogP) is 5.55. The minimum absolute atomic E-state index is 0.685. The van der Waals surface area contributed by atoms with E-state index in [2.05, 4.69) is 56.4 Å². The first-order valence-electron chi connectivity index (χ1n) is 7.28. The molecule has 0 aliphatic heterocycles. The zero-order valence-electron chi connectivity index (χ0n) is 12.8. The van der Waals surface area contributed by atoms with Gasteiger partial charge >= 0.3 is 0 Å². The summed E-state index contributed by atoms with van der Waals surface area (Å²) >= 11 is 7.68. The van der Waals surface area contributed by atoms with Crippen molar-refractivity contribution >= 4 is 23.4 Å². The summed E-state index contributed by atoms with van der Waals surface area (Å²) in [6, 6.07) is 14.6. The monoisotopic (exact) mass is 319 g/mol. The summed E-state index contributed by atoms with van der Waals surface area (Å²) in [5, 5.41) is 4.28. The van der Waals surface area contributed by atoms with Crippen LogP contribution >= 0.6 is 23.4 Å². The summed E-state index contributed by atoms with van der Waals surface area (Å²) in [5.41, 5.74) is 2.71. The standard InChI is InChI=1S/C18H22ClNS/c1-13(2)11-20-12-15-4-7-18(10-14(15)3)21-17-8-5-16(19)6-9-17/h4-10,13,20H,11-12H2,1-3H3. The molecule has 2 aromatic rings. The summed E-state index contributed by atoms with van der Waals surface area (Å²) < 4.78 is 0. The number of halogens is 1. The normalized spacial score (nSPS) is 11.1. The van der Waals surface area contributed by atoms with E-state index in [1.54, 1.807) is 11.8 Å². The summed E-state index contributed by atoms with van der Waals surface area (Å²) in [7, 11) is 0. The first kappa shape index (κ1) is 16.4. The predicted molar refractivity (Wildman–Crippen MR) is 93.3 cm³/mol. The van der Waals surface area contributed by atoms with Crippen LogP contribution in [0.25, 0.3) is 0 Å². The molecule has 0 unspecified atom stereocenters. The molecule has 0 saturated carbocycles. The Morgan fingerprint density at radius 1 is 1.05 bits per heavy atom. The van der Waals surface area contributed by atoms with Gasteiger partial charge in [-0.3, -0.25) is 0 Å². The largest absolute Gasteiger partial charge is 0.312 e. The molecule has 2 aromatic carbocycles. The number of nitrogens with one attached hydrogen (secondary N) is 1. The number of hydrogen-bond acceptors (Lipinski definition) is 2. The second-order valence-corrected chi connectivity index (χ2v) is 7.25. The molecule has 1 N–H and O–H groups in total. The van der Waals surface area contributed by atoms with Crippen LogP contribution in [0.4, 0.5) is 0 Å². The van der Waals surface area contributed by atoms with Crippen LogP contribution in [0, 0.1) is 12.8 Å². The molecule has 0 aliphatic carbocycles. The van der Waals surface area contributed by atoms with Crippen LogP contribution in [0.1, 0.15) is 25.0 Å². The summed E-state index contributed by atoms with van der Waals surface area (Å²) in [4.78, 5) is 2.48. The molecule has 0 atom stereocenters. The van der Waals surface area contributed by atoms with E-state index in [0.29, 0.717) is 5.92 Å². The number of rotatable bonds is 6. The molecule has 0 aromatic heterocycles. The van der Waals surface area contributed by atoms with Crippen molar-refractivity contribution in [1.29, 1.82) is 0 Å². The lowest BCUT2D eigenvalue weighted by Crippen LogP contribution is -2.19. The molecular formula is C18H22ClNS. The van der Waals surface area contributed by atoms with Crippen molar-refractivity contribution in [2.45, 2.75) is 37.1 Å². The van der Waals surface area contributed by atoms with Crippen molar-refractivity contribution in [2.75, 3.05) is 6.54 Å². The quantitative estimate of drug-likeness (QED) is 0.749. The Bertz CT molecular complexity index is 578. The zero-order chi connectivity index (χ0) is 15.2. The molecule has 0 spiro atoms. The third-order valence-corrected chi connectivity index (χ3v) is 4.48. The van der Waals surface area contributed by atoms with Crippen LogP contribution in [0.15, 0.2) is 52.3 Å². The average Bonchev–Trinajstić information content (AvgIpc) is 2.43. The highest BCUT2D eigenvalue weighted by Crippen LogP contribution is 2.29. The van der Waals surface area contributed by atoms with Gasteiger partial charge in [-0.1, -0.05) is 43.3 Å². The zero-order valence-corrected chi connectivity index (χ0v) is 14.4. The highest BCUT2D eigenvalue weighted by atomic mass is 35.5. The van der Waals surface area contributed by atoms with Gasteiger partial charge in [-0.25, -0.2) is 0 Å². The second kappa shape index (κ2) is 7.88. The van der Waals surface area contributed by atoms with Crippen LogP contribution in [-0.2, 0) is 6.54 Å².